The molecule has 2 nitrogen and oxygen atoms in total. The smallest absolute Gasteiger partial charge is 0.0541 e. The van der Waals surface area contributed by atoms with Crippen molar-refractivity contribution >= 4 is 44.9 Å². The number of aromatic nitrogens is 2. The Morgan fingerprint density at radius 2 is 0.885 bits per heavy atom. The van der Waals surface area contributed by atoms with Crippen molar-refractivity contribution in [2.45, 2.75) is 95.4 Å². The van der Waals surface area contributed by atoms with Crippen molar-refractivity contribution in [1.82, 2.24) is 9.13 Å². The van der Waals surface area contributed by atoms with E-state index in [0.29, 0.717) is 0 Å². The number of benzene rings is 5. The van der Waals surface area contributed by atoms with Gasteiger partial charge in [-0.2, -0.15) is 0 Å². The van der Waals surface area contributed by atoms with Gasteiger partial charge >= 0.3 is 0 Å². The Labute approximate surface area is 315 Å². The van der Waals surface area contributed by atoms with Gasteiger partial charge in [-0.05, 0) is 77.7 Å². The van der Waals surface area contributed by atoms with Crippen LogP contribution >= 0.6 is 0 Å². The lowest BCUT2D eigenvalue weighted by Gasteiger charge is -2.23. The molecular formula is C50H62N2. The Balaban J connectivity index is 0.000000675. The number of allylic oxidation sites excluding steroid dienone is 1. The molecule has 0 unspecified atom stereocenters. The third-order valence-corrected chi connectivity index (χ3v) is 9.22. The summed E-state index contributed by atoms with van der Waals surface area (Å²) in [6, 6.07) is 40.1. The van der Waals surface area contributed by atoms with E-state index in [4.69, 9.17) is 0 Å². The maximum absolute atomic E-state index is 4.16. The molecule has 0 radical (unpaired) electrons. The van der Waals surface area contributed by atoms with E-state index < -0.39 is 0 Å². The minimum Gasteiger partial charge on any atom is -0.309 e. The van der Waals surface area contributed by atoms with E-state index in [1.54, 1.807) is 0 Å². The first-order chi connectivity index (χ1) is 25.5. The van der Waals surface area contributed by atoms with E-state index >= 15 is 0 Å². The largest absolute Gasteiger partial charge is 0.309 e. The van der Waals surface area contributed by atoms with Crippen molar-refractivity contribution in [2.24, 2.45) is 0 Å². The predicted octanol–water partition coefficient (Wildman–Crippen LogP) is 15.8. The lowest BCUT2D eigenvalue weighted by Crippen LogP contribution is -2.16. The van der Waals surface area contributed by atoms with Crippen LogP contribution in [0.1, 0.15) is 112 Å². The van der Waals surface area contributed by atoms with Crippen LogP contribution < -0.4 is 0 Å². The highest BCUT2D eigenvalue weighted by molar-refractivity contribution is 6.09. The molecule has 52 heavy (non-hydrogen) atoms. The van der Waals surface area contributed by atoms with Crippen molar-refractivity contribution in [3.63, 3.8) is 0 Å². The molecule has 0 aliphatic heterocycles. The monoisotopic (exact) mass is 690 g/mol. The van der Waals surface area contributed by atoms with Gasteiger partial charge in [0, 0.05) is 38.5 Å². The van der Waals surface area contributed by atoms with Crippen molar-refractivity contribution in [3.8, 4) is 22.5 Å². The highest BCUT2D eigenvalue weighted by Gasteiger charge is 2.36. The first-order valence-electron chi connectivity index (χ1n) is 19.7. The van der Waals surface area contributed by atoms with Crippen LogP contribution in [0, 0.1) is 0 Å². The molecule has 272 valence electrons. The molecule has 5 aromatic carbocycles. The number of hydrogen-bond donors (Lipinski definition) is 0. The van der Waals surface area contributed by atoms with Crippen LogP contribution in [0.4, 0.5) is 0 Å². The molecule has 8 rings (SSSR count). The normalized spacial score (nSPS) is 11.7. The molecule has 0 spiro atoms. The van der Waals surface area contributed by atoms with Crippen molar-refractivity contribution in [1.29, 1.82) is 0 Å². The number of para-hydroxylation sites is 3. The zero-order valence-corrected chi connectivity index (χ0v) is 34.2. The van der Waals surface area contributed by atoms with Crippen LogP contribution in [0.25, 0.3) is 67.4 Å². The van der Waals surface area contributed by atoms with Crippen molar-refractivity contribution in [2.75, 3.05) is 0 Å². The summed E-state index contributed by atoms with van der Waals surface area (Å²) in [4.78, 5) is 0. The fraction of sp³-hybridized carbons (Fsp3) is 0.280. The molecular weight excluding hydrogens is 629 g/mol. The third-order valence-electron chi connectivity index (χ3n) is 9.22. The summed E-state index contributed by atoms with van der Waals surface area (Å²) in [5.41, 5.74) is 13.6. The number of nitrogens with zero attached hydrogens (tertiary/aromatic N) is 2. The molecule has 0 fully saturated rings. The summed E-state index contributed by atoms with van der Waals surface area (Å²) in [7, 11) is 0. The molecule has 7 aromatic rings. The average Bonchev–Trinajstić information content (AvgIpc) is 3.81. The molecule has 2 heteroatoms. The lowest BCUT2D eigenvalue weighted by molar-refractivity contribution is 0.659. The molecule has 0 saturated carbocycles. The highest BCUT2D eigenvalue weighted by Crippen LogP contribution is 2.50. The van der Waals surface area contributed by atoms with Crippen LogP contribution in [0.3, 0.4) is 0 Å². The topological polar surface area (TPSA) is 9.86 Å². The quantitative estimate of drug-likeness (QED) is 0.174. The van der Waals surface area contributed by atoms with E-state index in [9.17, 15) is 0 Å². The fourth-order valence-corrected chi connectivity index (χ4v) is 7.29. The van der Waals surface area contributed by atoms with Gasteiger partial charge in [0.05, 0.1) is 22.2 Å². The molecule has 2 heterocycles. The Bertz CT molecular complexity index is 2200. The highest BCUT2D eigenvalue weighted by atomic mass is 15.0. The van der Waals surface area contributed by atoms with Gasteiger partial charge < -0.3 is 9.13 Å². The van der Waals surface area contributed by atoms with Gasteiger partial charge in [-0.3, -0.25) is 0 Å². The third kappa shape index (κ3) is 7.04. The standard InChI is InChI=1S/C40H32N2.5C2H6/c1-5-13-36-28(6-2)31-14-7-10-17-37(31)41(36)26-20-22-29-30-23-21-27(25-35(30)40(3,4)34(29)24-26)42-38-18-11-8-15-32(38)33-16-9-12-19-39(33)42;5*1-2/h5-25H,2H2,1,3-4H3;5*1-2H3/b13-5-;;;;;. The summed E-state index contributed by atoms with van der Waals surface area (Å²) in [6.45, 7) is 31.0. The molecule has 0 N–H and O–H groups in total. The van der Waals surface area contributed by atoms with Gasteiger partial charge in [-0.25, -0.2) is 0 Å². The maximum atomic E-state index is 4.16. The fourth-order valence-electron chi connectivity index (χ4n) is 7.29. The van der Waals surface area contributed by atoms with Crippen LogP contribution in [0.2, 0.25) is 0 Å². The molecule has 0 atom stereocenters. The average molecular weight is 691 g/mol. The zero-order valence-electron chi connectivity index (χ0n) is 34.2. The minimum absolute atomic E-state index is 0.152. The lowest BCUT2D eigenvalue weighted by atomic mass is 9.82. The van der Waals surface area contributed by atoms with Crippen molar-refractivity contribution < 1.29 is 0 Å². The Morgan fingerprint density at radius 3 is 1.31 bits per heavy atom. The van der Waals surface area contributed by atoms with Gasteiger partial charge in [0.2, 0.25) is 0 Å². The first kappa shape index (κ1) is 41.3. The van der Waals surface area contributed by atoms with E-state index in [-0.39, 0.29) is 5.41 Å². The Morgan fingerprint density at radius 1 is 0.500 bits per heavy atom. The van der Waals surface area contributed by atoms with Crippen LogP contribution in [-0.4, -0.2) is 9.13 Å². The second-order valence-corrected chi connectivity index (χ2v) is 11.8. The van der Waals surface area contributed by atoms with Crippen molar-refractivity contribution in [3.05, 3.63) is 144 Å². The first-order valence-corrected chi connectivity index (χ1v) is 19.7. The van der Waals surface area contributed by atoms with Gasteiger partial charge in [0.15, 0.2) is 0 Å². The Hall–Kier alpha value is -5.08. The van der Waals surface area contributed by atoms with E-state index in [1.807, 2.05) is 75.3 Å². The van der Waals surface area contributed by atoms with Crippen LogP contribution in [0.5, 0.6) is 0 Å². The van der Waals surface area contributed by atoms with Gasteiger partial charge in [-0.15, -0.1) is 0 Å². The summed E-state index contributed by atoms with van der Waals surface area (Å²) in [5, 5.41) is 3.80. The summed E-state index contributed by atoms with van der Waals surface area (Å²) in [6.07, 6.45) is 6.29. The summed E-state index contributed by atoms with van der Waals surface area (Å²) < 4.78 is 4.80. The zero-order chi connectivity index (χ0) is 38.6. The molecule has 0 amide bonds. The van der Waals surface area contributed by atoms with Crippen LogP contribution in [-0.2, 0) is 5.41 Å². The van der Waals surface area contributed by atoms with E-state index in [1.165, 1.54) is 71.9 Å². The van der Waals surface area contributed by atoms with E-state index in [0.717, 1.165) is 5.69 Å². The Kier molecular flexibility index (Phi) is 15.1. The summed E-state index contributed by atoms with van der Waals surface area (Å²) in [5.74, 6) is 0. The number of hydrogen-bond acceptors (Lipinski definition) is 0. The van der Waals surface area contributed by atoms with Crippen LogP contribution in [0.15, 0.2) is 122 Å². The maximum Gasteiger partial charge on any atom is 0.0541 e. The predicted molar refractivity (Wildman–Crippen MR) is 237 cm³/mol. The second kappa shape index (κ2) is 19.0. The summed E-state index contributed by atoms with van der Waals surface area (Å²) >= 11 is 0. The van der Waals surface area contributed by atoms with Gasteiger partial charge in [-0.1, -0.05) is 169 Å². The number of fused-ring (bicyclic) bond motifs is 7. The van der Waals surface area contributed by atoms with Gasteiger partial charge in [0.25, 0.3) is 0 Å². The SMILES string of the molecule is C=Cc1c(/C=C\C)n(-c2ccc3c(c2)C(C)(C)c2cc(-n4c5ccccc5c5ccccc54)ccc2-3)c2ccccc12.CC.CC.CC.CC.CC. The molecule has 1 aliphatic rings. The number of rotatable bonds is 4. The minimum atomic E-state index is -0.152. The molecule has 2 aromatic heterocycles. The molecule has 1 aliphatic carbocycles. The second-order valence-electron chi connectivity index (χ2n) is 11.8. The molecule has 0 saturated heterocycles. The molecule has 0 bridgehead atoms. The van der Waals surface area contributed by atoms with Gasteiger partial charge in [0.1, 0.15) is 0 Å². The van der Waals surface area contributed by atoms with E-state index in [2.05, 4.69) is 158 Å².